The molecule has 0 aromatic heterocycles. The molecule has 1 atom stereocenters. The lowest BCUT2D eigenvalue weighted by Crippen LogP contribution is -2.38. The quantitative estimate of drug-likeness (QED) is 0.781. The fraction of sp³-hybridized carbons (Fsp3) is 0.533. The van der Waals surface area contributed by atoms with E-state index in [1.54, 1.807) is 12.1 Å². The van der Waals surface area contributed by atoms with E-state index in [-0.39, 0.29) is 17.8 Å². The minimum atomic E-state index is -0.412. The maximum atomic E-state index is 13.6. The molecule has 1 rings (SSSR count). The molecule has 1 aromatic rings. The summed E-state index contributed by atoms with van der Waals surface area (Å²) in [4.78, 5) is 11.7. The van der Waals surface area contributed by atoms with E-state index in [0.717, 1.165) is 5.56 Å². The molecule has 0 spiro atoms. The molecular formula is C15H22FNO3. The highest BCUT2D eigenvalue weighted by Crippen LogP contribution is 2.18. The van der Waals surface area contributed by atoms with Crippen LogP contribution in [0.25, 0.3) is 0 Å². The van der Waals surface area contributed by atoms with Crippen molar-refractivity contribution in [1.82, 2.24) is 5.32 Å². The van der Waals surface area contributed by atoms with Gasteiger partial charge in [0.25, 0.3) is 0 Å². The fourth-order valence-electron chi connectivity index (χ4n) is 1.94. The molecule has 0 aliphatic rings. The van der Waals surface area contributed by atoms with Crippen molar-refractivity contribution >= 4 is 5.97 Å². The number of carbonyl (C=O) groups excluding carboxylic acids is 1. The van der Waals surface area contributed by atoms with Crippen molar-refractivity contribution in [2.24, 2.45) is 5.92 Å². The molecule has 5 heteroatoms. The Bertz CT molecular complexity index is 449. The number of benzene rings is 1. The Balaban J connectivity index is 2.67. The zero-order valence-electron chi connectivity index (χ0n) is 12.4. The Morgan fingerprint density at radius 2 is 2.05 bits per heavy atom. The summed E-state index contributed by atoms with van der Waals surface area (Å²) in [6, 6.07) is 4.35. The third-order valence-corrected chi connectivity index (χ3v) is 2.96. The zero-order chi connectivity index (χ0) is 15.1. The number of halogens is 1. The molecule has 0 fully saturated rings. The topological polar surface area (TPSA) is 47.6 Å². The van der Waals surface area contributed by atoms with Crippen molar-refractivity contribution in [3.05, 3.63) is 29.6 Å². The summed E-state index contributed by atoms with van der Waals surface area (Å²) >= 11 is 0. The first-order chi connectivity index (χ1) is 9.47. The van der Waals surface area contributed by atoms with Crippen LogP contribution in [-0.4, -0.2) is 26.2 Å². The van der Waals surface area contributed by atoms with Gasteiger partial charge in [-0.05, 0) is 30.0 Å². The number of hydrogen-bond acceptors (Lipinski definition) is 4. The lowest BCUT2D eigenvalue weighted by molar-refractivity contribution is -0.143. The van der Waals surface area contributed by atoms with Gasteiger partial charge in [0.05, 0.1) is 14.2 Å². The first-order valence-corrected chi connectivity index (χ1v) is 6.61. The fourth-order valence-corrected chi connectivity index (χ4v) is 1.94. The second kappa shape index (κ2) is 7.85. The molecular weight excluding hydrogens is 261 g/mol. The maximum Gasteiger partial charge on any atom is 0.322 e. The summed E-state index contributed by atoms with van der Waals surface area (Å²) in [5.74, 6) is -0.141. The minimum Gasteiger partial charge on any atom is -0.494 e. The molecule has 0 bridgehead atoms. The van der Waals surface area contributed by atoms with Crippen LogP contribution in [0.15, 0.2) is 18.2 Å². The minimum absolute atomic E-state index is 0.209. The molecule has 0 amide bonds. The average molecular weight is 283 g/mol. The Hall–Kier alpha value is -1.62. The molecule has 4 nitrogen and oxygen atoms in total. The van der Waals surface area contributed by atoms with Crippen molar-refractivity contribution in [3.8, 4) is 5.75 Å². The third-order valence-electron chi connectivity index (χ3n) is 2.96. The maximum absolute atomic E-state index is 13.6. The molecule has 0 aliphatic carbocycles. The lowest BCUT2D eigenvalue weighted by Gasteiger charge is -2.18. The van der Waals surface area contributed by atoms with Crippen LogP contribution in [0.5, 0.6) is 5.75 Å². The zero-order valence-corrected chi connectivity index (χ0v) is 12.4. The van der Waals surface area contributed by atoms with Gasteiger partial charge in [0, 0.05) is 6.54 Å². The van der Waals surface area contributed by atoms with Crippen LogP contribution < -0.4 is 10.1 Å². The van der Waals surface area contributed by atoms with Gasteiger partial charge >= 0.3 is 5.97 Å². The summed E-state index contributed by atoms with van der Waals surface area (Å²) in [6.07, 6.45) is 0.672. The van der Waals surface area contributed by atoms with Crippen LogP contribution in [0.3, 0.4) is 0 Å². The van der Waals surface area contributed by atoms with E-state index in [2.05, 4.69) is 5.32 Å². The van der Waals surface area contributed by atoms with Crippen LogP contribution in [0.4, 0.5) is 4.39 Å². The van der Waals surface area contributed by atoms with Gasteiger partial charge in [-0.2, -0.15) is 0 Å². The SMILES string of the molecule is COC(=O)C(CC(C)C)NCc1ccc(OC)c(F)c1. The van der Waals surface area contributed by atoms with Gasteiger partial charge in [-0.3, -0.25) is 4.79 Å². The van der Waals surface area contributed by atoms with Crippen molar-refractivity contribution < 1.29 is 18.7 Å². The van der Waals surface area contributed by atoms with Gasteiger partial charge in [0.2, 0.25) is 0 Å². The predicted octanol–water partition coefficient (Wildman–Crippen LogP) is 2.51. The Morgan fingerprint density at radius 1 is 1.35 bits per heavy atom. The molecule has 0 saturated carbocycles. The molecule has 0 saturated heterocycles. The van der Waals surface area contributed by atoms with Gasteiger partial charge in [0.1, 0.15) is 6.04 Å². The summed E-state index contributed by atoms with van der Waals surface area (Å²) in [6.45, 7) is 4.46. The highest BCUT2D eigenvalue weighted by Gasteiger charge is 2.19. The molecule has 1 N–H and O–H groups in total. The van der Waals surface area contributed by atoms with Crippen molar-refractivity contribution in [2.45, 2.75) is 32.9 Å². The Kier molecular flexibility index (Phi) is 6.45. The first kappa shape index (κ1) is 16.4. The van der Waals surface area contributed by atoms with Gasteiger partial charge < -0.3 is 14.8 Å². The standard InChI is InChI=1S/C15H22FNO3/c1-10(2)7-13(15(18)20-4)17-9-11-5-6-14(19-3)12(16)8-11/h5-6,8,10,13,17H,7,9H2,1-4H3. The summed E-state index contributed by atoms with van der Waals surface area (Å²) < 4.78 is 23.2. The molecule has 20 heavy (non-hydrogen) atoms. The summed E-state index contributed by atoms with van der Waals surface area (Å²) in [7, 11) is 2.79. The molecule has 0 heterocycles. The first-order valence-electron chi connectivity index (χ1n) is 6.61. The number of nitrogens with one attached hydrogen (secondary N) is 1. The third kappa shape index (κ3) is 4.81. The number of hydrogen-bond donors (Lipinski definition) is 1. The molecule has 112 valence electrons. The smallest absolute Gasteiger partial charge is 0.322 e. The van der Waals surface area contributed by atoms with Gasteiger partial charge in [-0.25, -0.2) is 4.39 Å². The normalized spacial score (nSPS) is 12.3. The number of methoxy groups -OCH3 is 2. The largest absolute Gasteiger partial charge is 0.494 e. The summed E-state index contributed by atoms with van der Waals surface area (Å²) in [5.41, 5.74) is 0.751. The second-order valence-electron chi connectivity index (χ2n) is 5.06. The number of carbonyl (C=O) groups is 1. The van der Waals surface area contributed by atoms with E-state index in [9.17, 15) is 9.18 Å². The van der Waals surface area contributed by atoms with E-state index in [0.29, 0.717) is 18.9 Å². The van der Waals surface area contributed by atoms with Crippen LogP contribution in [-0.2, 0) is 16.1 Å². The Labute approximate surface area is 119 Å². The lowest BCUT2D eigenvalue weighted by atomic mass is 10.0. The summed E-state index contributed by atoms with van der Waals surface area (Å²) in [5, 5.41) is 3.10. The number of rotatable bonds is 7. The van der Waals surface area contributed by atoms with Crippen molar-refractivity contribution in [1.29, 1.82) is 0 Å². The predicted molar refractivity (Wildman–Crippen MR) is 75.1 cm³/mol. The van der Waals surface area contributed by atoms with E-state index < -0.39 is 5.82 Å². The average Bonchev–Trinajstić information content (AvgIpc) is 2.42. The van der Waals surface area contributed by atoms with E-state index in [4.69, 9.17) is 9.47 Å². The molecule has 1 aromatic carbocycles. The number of esters is 1. The molecule has 1 unspecified atom stereocenters. The Morgan fingerprint density at radius 3 is 2.55 bits per heavy atom. The van der Waals surface area contributed by atoms with E-state index in [1.165, 1.54) is 20.3 Å². The van der Waals surface area contributed by atoms with Gasteiger partial charge in [-0.1, -0.05) is 19.9 Å². The van der Waals surface area contributed by atoms with Crippen LogP contribution in [0.2, 0.25) is 0 Å². The van der Waals surface area contributed by atoms with E-state index >= 15 is 0 Å². The van der Waals surface area contributed by atoms with Crippen LogP contribution in [0, 0.1) is 11.7 Å². The second-order valence-corrected chi connectivity index (χ2v) is 5.06. The van der Waals surface area contributed by atoms with Crippen molar-refractivity contribution in [3.63, 3.8) is 0 Å². The highest BCUT2D eigenvalue weighted by atomic mass is 19.1. The molecule has 0 aliphatic heterocycles. The van der Waals surface area contributed by atoms with Crippen LogP contribution in [0.1, 0.15) is 25.8 Å². The molecule has 0 radical (unpaired) electrons. The van der Waals surface area contributed by atoms with Crippen LogP contribution >= 0.6 is 0 Å². The highest BCUT2D eigenvalue weighted by molar-refractivity contribution is 5.75. The van der Waals surface area contributed by atoms with Crippen molar-refractivity contribution in [2.75, 3.05) is 14.2 Å². The number of ether oxygens (including phenoxy) is 2. The van der Waals surface area contributed by atoms with Gasteiger partial charge in [0.15, 0.2) is 11.6 Å². The van der Waals surface area contributed by atoms with E-state index in [1.807, 2.05) is 13.8 Å². The monoisotopic (exact) mass is 283 g/mol. The van der Waals surface area contributed by atoms with Gasteiger partial charge in [-0.15, -0.1) is 0 Å².